The van der Waals surface area contributed by atoms with Crippen molar-refractivity contribution in [2.45, 2.75) is 13.8 Å². The van der Waals surface area contributed by atoms with Crippen LogP contribution in [0.3, 0.4) is 0 Å². The molecule has 3 aromatic rings. The van der Waals surface area contributed by atoms with Gasteiger partial charge in [0.15, 0.2) is 0 Å². The molecule has 0 radical (unpaired) electrons. The summed E-state index contributed by atoms with van der Waals surface area (Å²) in [4.78, 5) is 37.9. The van der Waals surface area contributed by atoms with Crippen molar-refractivity contribution in [1.29, 1.82) is 0 Å². The summed E-state index contributed by atoms with van der Waals surface area (Å²) in [6, 6.07) is 19.0. The number of hydrogen-bond donors (Lipinski definition) is 2. The van der Waals surface area contributed by atoms with Crippen LogP contribution >= 0.6 is 0 Å². The highest BCUT2D eigenvalue weighted by Gasteiger charge is 2.23. The zero-order chi connectivity index (χ0) is 23.2. The van der Waals surface area contributed by atoms with E-state index in [2.05, 4.69) is 44.6 Å². The average Bonchev–Trinajstić information content (AvgIpc) is 2.84. The third-order valence-electron chi connectivity index (χ3n) is 5.52. The van der Waals surface area contributed by atoms with Gasteiger partial charge in [-0.1, -0.05) is 35.9 Å². The van der Waals surface area contributed by atoms with Crippen LogP contribution in [0.25, 0.3) is 0 Å². The minimum atomic E-state index is -0.246. The Morgan fingerprint density at radius 1 is 0.909 bits per heavy atom. The van der Waals surface area contributed by atoms with Gasteiger partial charge in [-0.3, -0.25) is 9.59 Å². The molecule has 0 bridgehead atoms. The maximum atomic E-state index is 12.6. The molecule has 4 rings (SSSR count). The Morgan fingerprint density at radius 3 is 2.30 bits per heavy atom. The van der Waals surface area contributed by atoms with E-state index in [4.69, 9.17) is 0 Å². The molecule has 33 heavy (non-hydrogen) atoms. The summed E-state index contributed by atoms with van der Waals surface area (Å²) in [5.41, 5.74) is 3.59. The van der Waals surface area contributed by atoms with E-state index in [1.165, 1.54) is 5.56 Å². The Kier molecular flexibility index (Phi) is 6.83. The quantitative estimate of drug-likeness (QED) is 0.608. The number of carbonyl (C=O) groups excluding carboxylic acids is 2. The standard InChI is InChI=1S/C25H28N6O2/c1-18-8-10-21(11-9-18)28-22-16-19(2)27-25(29-22)31-14-12-30(13-15-31)23(32)17-26-24(33)20-6-4-3-5-7-20/h3-11,16H,12-15,17H2,1-2H3,(H,26,33)(H,27,28,29). The van der Waals surface area contributed by atoms with Crippen molar-refractivity contribution in [3.63, 3.8) is 0 Å². The summed E-state index contributed by atoms with van der Waals surface area (Å²) in [6.45, 7) is 6.35. The molecule has 170 valence electrons. The van der Waals surface area contributed by atoms with Crippen LogP contribution < -0.4 is 15.5 Å². The normalized spacial score (nSPS) is 13.5. The summed E-state index contributed by atoms with van der Waals surface area (Å²) in [7, 11) is 0. The first-order valence-corrected chi connectivity index (χ1v) is 11.0. The second-order valence-electron chi connectivity index (χ2n) is 8.10. The average molecular weight is 445 g/mol. The van der Waals surface area contributed by atoms with Crippen LogP contribution in [-0.4, -0.2) is 59.4 Å². The van der Waals surface area contributed by atoms with Crippen molar-refractivity contribution in [1.82, 2.24) is 20.2 Å². The van der Waals surface area contributed by atoms with Crippen molar-refractivity contribution in [2.24, 2.45) is 0 Å². The number of carbonyl (C=O) groups is 2. The lowest BCUT2D eigenvalue weighted by Crippen LogP contribution is -2.51. The van der Waals surface area contributed by atoms with Crippen LogP contribution in [0.4, 0.5) is 17.5 Å². The molecule has 1 aliphatic heterocycles. The van der Waals surface area contributed by atoms with Crippen molar-refractivity contribution < 1.29 is 9.59 Å². The molecule has 0 spiro atoms. The number of rotatable bonds is 6. The highest BCUT2D eigenvalue weighted by atomic mass is 16.2. The van der Waals surface area contributed by atoms with Crippen molar-refractivity contribution in [3.05, 3.63) is 77.5 Å². The van der Waals surface area contributed by atoms with Gasteiger partial charge in [-0.15, -0.1) is 0 Å². The topological polar surface area (TPSA) is 90.5 Å². The number of benzene rings is 2. The lowest BCUT2D eigenvalue weighted by molar-refractivity contribution is -0.130. The Balaban J connectivity index is 1.31. The van der Waals surface area contributed by atoms with Gasteiger partial charge >= 0.3 is 0 Å². The van der Waals surface area contributed by atoms with Gasteiger partial charge in [0.25, 0.3) is 5.91 Å². The number of piperazine rings is 1. The fourth-order valence-corrected chi connectivity index (χ4v) is 3.66. The SMILES string of the molecule is Cc1ccc(Nc2cc(C)nc(N3CCN(C(=O)CNC(=O)c4ccccc4)CC3)n2)cc1. The first-order valence-electron chi connectivity index (χ1n) is 11.0. The molecule has 1 aromatic heterocycles. The van der Waals surface area contributed by atoms with Crippen LogP contribution in [0.15, 0.2) is 60.7 Å². The summed E-state index contributed by atoms with van der Waals surface area (Å²) in [5, 5.41) is 6.04. The number of nitrogens with zero attached hydrogens (tertiary/aromatic N) is 4. The molecule has 0 unspecified atom stereocenters. The van der Waals surface area contributed by atoms with E-state index in [-0.39, 0.29) is 18.4 Å². The third-order valence-corrected chi connectivity index (χ3v) is 5.52. The fourth-order valence-electron chi connectivity index (χ4n) is 3.66. The van der Waals surface area contributed by atoms with E-state index in [9.17, 15) is 9.59 Å². The van der Waals surface area contributed by atoms with E-state index >= 15 is 0 Å². The molecule has 0 aliphatic carbocycles. The zero-order valence-electron chi connectivity index (χ0n) is 18.9. The summed E-state index contributed by atoms with van der Waals surface area (Å²) in [6.07, 6.45) is 0. The predicted octanol–water partition coefficient (Wildman–Crippen LogP) is 2.92. The molecule has 8 nitrogen and oxygen atoms in total. The monoisotopic (exact) mass is 444 g/mol. The van der Waals surface area contributed by atoms with Crippen LogP contribution in [0.1, 0.15) is 21.6 Å². The molecule has 0 atom stereocenters. The Morgan fingerprint density at radius 2 is 1.61 bits per heavy atom. The zero-order valence-corrected chi connectivity index (χ0v) is 18.9. The highest BCUT2D eigenvalue weighted by Crippen LogP contribution is 2.20. The first-order chi connectivity index (χ1) is 16.0. The smallest absolute Gasteiger partial charge is 0.251 e. The number of hydrogen-bond acceptors (Lipinski definition) is 6. The van der Waals surface area contributed by atoms with E-state index in [0.717, 1.165) is 17.2 Å². The first kappa shape index (κ1) is 22.3. The maximum absolute atomic E-state index is 12.6. The Labute approximate surface area is 193 Å². The Bertz CT molecular complexity index is 1110. The Hall–Kier alpha value is -3.94. The van der Waals surface area contributed by atoms with Gasteiger partial charge < -0.3 is 20.4 Å². The number of amides is 2. The lowest BCUT2D eigenvalue weighted by Gasteiger charge is -2.35. The van der Waals surface area contributed by atoms with Gasteiger partial charge in [0, 0.05) is 49.2 Å². The summed E-state index contributed by atoms with van der Waals surface area (Å²) in [5.74, 6) is 1.05. The van der Waals surface area contributed by atoms with Crippen LogP contribution in [0, 0.1) is 13.8 Å². The minimum Gasteiger partial charge on any atom is -0.343 e. The molecule has 2 N–H and O–H groups in total. The number of aryl methyl sites for hydroxylation is 2. The fraction of sp³-hybridized carbons (Fsp3) is 0.280. The van der Waals surface area contributed by atoms with Crippen LogP contribution in [0.2, 0.25) is 0 Å². The van der Waals surface area contributed by atoms with Gasteiger partial charge in [0.2, 0.25) is 11.9 Å². The summed E-state index contributed by atoms with van der Waals surface area (Å²) >= 11 is 0. The predicted molar refractivity (Wildman–Crippen MR) is 129 cm³/mol. The molecular formula is C25H28N6O2. The molecule has 2 heterocycles. The van der Waals surface area contributed by atoms with Crippen molar-refractivity contribution in [2.75, 3.05) is 42.9 Å². The molecule has 2 amide bonds. The molecule has 1 aliphatic rings. The molecule has 1 fully saturated rings. The largest absolute Gasteiger partial charge is 0.343 e. The minimum absolute atomic E-state index is 0.0146. The van der Waals surface area contributed by atoms with E-state index in [1.54, 1.807) is 29.2 Å². The highest BCUT2D eigenvalue weighted by molar-refractivity contribution is 5.96. The van der Waals surface area contributed by atoms with Gasteiger partial charge in [0.05, 0.1) is 6.54 Å². The van der Waals surface area contributed by atoms with E-state index in [1.807, 2.05) is 31.2 Å². The van der Waals surface area contributed by atoms with Gasteiger partial charge in [-0.25, -0.2) is 4.98 Å². The van der Waals surface area contributed by atoms with E-state index in [0.29, 0.717) is 37.7 Å². The second kappa shape index (κ2) is 10.1. The molecule has 0 saturated carbocycles. The van der Waals surface area contributed by atoms with Crippen molar-refractivity contribution >= 4 is 29.3 Å². The van der Waals surface area contributed by atoms with Gasteiger partial charge in [0.1, 0.15) is 5.82 Å². The third kappa shape index (κ3) is 5.85. The summed E-state index contributed by atoms with van der Waals surface area (Å²) < 4.78 is 0. The van der Waals surface area contributed by atoms with Crippen LogP contribution in [0.5, 0.6) is 0 Å². The molecule has 2 aromatic carbocycles. The second-order valence-corrected chi connectivity index (χ2v) is 8.10. The molecule has 1 saturated heterocycles. The van der Waals surface area contributed by atoms with Crippen molar-refractivity contribution in [3.8, 4) is 0 Å². The van der Waals surface area contributed by atoms with Crippen LogP contribution in [-0.2, 0) is 4.79 Å². The van der Waals surface area contributed by atoms with E-state index < -0.39 is 0 Å². The number of anilines is 3. The number of nitrogens with one attached hydrogen (secondary N) is 2. The lowest BCUT2D eigenvalue weighted by atomic mass is 10.2. The molecular weight excluding hydrogens is 416 g/mol. The molecule has 8 heteroatoms. The number of aromatic nitrogens is 2. The van der Waals surface area contributed by atoms with Gasteiger partial charge in [-0.2, -0.15) is 4.98 Å². The maximum Gasteiger partial charge on any atom is 0.251 e. The van der Waals surface area contributed by atoms with Gasteiger partial charge in [-0.05, 0) is 38.1 Å².